The summed E-state index contributed by atoms with van der Waals surface area (Å²) in [6.45, 7) is 0. The van der Waals surface area contributed by atoms with Crippen molar-refractivity contribution in [3.63, 3.8) is 0 Å². The summed E-state index contributed by atoms with van der Waals surface area (Å²) in [7, 11) is 0. The molecule has 0 aliphatic carbocycles. The van der Waals surface area contributed by atoms with E-state index in [0.29, 0.717) is 11.4 Å². The minimum absolute atomic E-state index is 0.343. The number of nitrogens with zero attached hydrogens (tertiary/aromatic N) is 2. The predicted molar refractivity (Wildman–Crippen MR) is 55.6 cm³/mol. The molecule has 0 saturated heterocycles. The number of rotatable bonds is 1. The lowest BCUT2D eigenvalue weighted by atomic mass is 10.3. The second-order valence-corrected chi connectivity index (χ2v) is 3.73. The second-order valence-electron chi connectivity index (χ2n) is 2.81. The monoisotopic (exact) mass is 255 g/mol. The van der Waals surface area contributed by atoms with Crippen LogP contribution in [-0.2, 0) is 0 Å². The maximum atomic E-state index is 13.3. The van der Waals surface area contributed by atoms with Gasteiger partial charge in [-0.25, -0.2) is 9.07 Å². The van der Waals surface area contributed by atoms with E-state index in [1.165, 1.54) is 22.9 Å². The van der Waals surface area contributed by atoms with E-state index in [0.717, 1.165) is 4.47 Å². The Kier molecular flexibility index (Phi) is 2.25. The van der Waals surface area contributed by atoms with E-state index in [9.17, 15) is 4.39 Å². The highest BCUT2D eigenvalue weighted by Gasteiger charge is 2.05. The van der Waals surface area contributed by atoms with E-state index in [-0.39, 0.29) is 5.82 Å². The third-order valence-corrected chi connectivity index (χ3v) is 2.18. The van der Waals surface area contributed by atoms with Crippen LogP contribution in [0.1, 0.15) is 0 Å². The fourth-order valence-corrected chi connectivity index (χ4v) is 1.42. The van der Waals surface area contributed by atoms with Gasteiger partial charge >= 0.3 is 0 Å². The number of benzene rings is 1. The summed E-state index contributed by atoms with van der Waals surface area (Å²) >= 11 is 3.24. The van der Waals surface area contributed by atoms with Crippen molar-refractivity contribution in [1.29, 1.82) is 0 Å². The van der Waals surface area contributed by atoms with Crippen LogP contribution in [0.4, 0.5) is 10.1 Å². The molecule has 2 N–H and O–H groups in total. The normalized spacial score (nSPS) is 10.4. The molecule has 0 radical (unpaired) electrons. The van der Waals surface area contributed by atoms with E-state index in [1.807, 2.05) is 0 Å². The molecule has 0 saturated carbocycles. The Hall–Kier alpha value is -1.36. The summed E-state index contributed by atoms with van der Waals surface area (Å²) in [5, 5.41) is 3.96. The molecule has 1 aromatic carbocycles. The summed E-state index contributed by atoms with van der Waals surface area (Å²) in [6.07, 6.45) is 3.25. The van der Waals surface area contributed by atoms with Gasteiger partial charge in [0.05, 0.1) is 10.7 Å². The van der Waals surface area contributed by atoms with Crippen LogP contribution in [0.25, 0.3) is 5.69 Å². The Morgan fingerprint density at radius 1 is 1.43 bits per heavy atom. The van der Waals surface area contributed by atoms with Crippen LogP contribution in [0.5, 0.6) is 0 Å². The van der Waals surface area contributed by atoms with Crippen molar-refractivity contribution in [3.05, 3.63) is 40.9 Å². The van der Waals surface area contributed by atoms with Crippen molar-refractivity contribution in [3.8, 4) is 5.69 Å². The van der Waals surface area contributed by atoms with Crippen LogP contribution in [0.15, 0.2) is 35.1 Å². The molecule has 5 heteroatoms. The average Bonchev–Trinajstić information content (AvgIpc) is 2.56. The molecule has 2 aromatic rings. The molecule has 1 aromatic heterocycles. The number of aromatic nitrogens is 2. The molecule has 0 fully saturated rings. The van der Waals surface area contributed by atoms with Gasteiger partial charge in [0.1, 0.15) is 11.5 Å². The van der Waals surface area contributed by atoms with Gasteiger partial charge in [-0.15, -0.1) is 0 Å². The van der Waals surface area contributed by atoms with Crippen LogP contribution in [0.3, 0.4) is 0 Å². The molecule has 72 valence electrons. The van der Waals surface area contributed by atoms with Crippen molar-refractivity contribution in [2.24, 2.45) is 0 Å². The highest BCUT2D eigenvalue weighted by molar-refractivity contribution is 9.10. The van der Waals surface area contributed by atoms with Gasteiger partial charge in [-0.05, 0) is 34.1 Å². The van der Waals surface area contributed by atoms with E-state index < -0.39 is 0 Å². The maximum Gasteiger partial charge on any atom is 0.149 e. The lowest BCUT2D eigenvalue weighted by Gasteiger charge is -2.03. The topological polar surface area (TPSA) is 43.8 Å². The fraction of sp³-hybridized carbons (Fsp3) is 0. The van der Waals surface area contributed by atoms with Crippen LogP contribution >= 0.6 is 15.9 Å². The van der Waals surface area contributed by atoms with Crippen molar-refractivity contribution >= 4 is 21.6 Å². The Labute approximate surface area is 88.5 Å². The molecule has 0 aliphatic rings. The minimum atomic E-state index is -0.352. The first-order valence-corrected chi connectivity index (χ1v) is 4.72. The molecule has 0 bridgehead atoms. The highest BCUT2D eigenvalue weighted by Crippen LogP contribution is 2.18. The number of nitrogen functional groups attached to an aromatic ring is 1. The number of hydrogen-bond acceptors (Lipinski definition) is 2. The van der Waals surface area contributed by atoms with Crippen molar-refractivity contribution in [2.45, 2.75) is 0 Å². The zero-order chi connectivity index (χ0) is 10.1. The smallest absolute Gasteiger partial charge is 0.149 e. The van der Waals surface area contributed by atoms with Crippen LogP contribution in [0, 0.1) is 5.82 Å². The number of anilines is 1. The third-order valence-electron chi connectivity index (χ3n) is 1.77. The van der Waals surface area contributed by atoms with Crippen molar-refractivity contribution < 1.29 is 4.39 Å². The highest BCUT2D eigenvalue weighted by atomic mass is 79.9. The predicted octanol–water partition coefficient (Wildman–Crippen LogP) is 2.36. The number of halogens is 2. The average molecular weight is 256 g/mol. The van der Waals surface area contributed by atoms with Gasteiger partial charge in [0.25, 0.3) is 0 Å². The van der Waals surface area contributed by atoms with Crippen molar-refractivity contribution in [1.82, 2.24) is 9.78 Å². The van der Waals surface area contributed by atoms with E-state index in [4.69, 9.17) is 5.73 Å². The maximum absolute atomic E-state index is 13.3. The first-order valence-electron chi connectivity index (χ1n) is 3.92. The summed E-state index contributed by atoms with van der Waals surface area (Å²) in [6, 6.07) is 4.37. The number of hydrogen-bond donors (Lipinski definition) is 1. The third kappa shape index (κ3) is 1.63. The van der Waals surface area contributed by atoms with Crippen LogP contribution in [-0.4, -0.2) is 9.78 Å². The zero-order valence-corrected chi connectivity index (χ0v) is 8.70. The molecular formula is C9H7BrFN3. The molecular weight excluding hydrogens is 249 g/mol. The Morgan fingerprint density at radius 3 is 2.86 bits per heavy atom. The van der Waals surface area contributed by atoms with Gasteiger partial charge in [0.2, 0.25) is 0 Å². The quantitative estimate of drug-likeness (QED) is 0.796. The van der Waals surface area contributed by atoms with Gasteiger partial charge < -0.3 is 5.73 Å². The molecule has 3 nitrogen and oxygen atoms in total. The van der Waals surface area contributed by atoms with Gasteiger partial charge in [0, 0.05) is 11.9 Å². The first-order chi connectivity index (χ1) is 6.66. The summed E-state index contributed by atoms with van der Waals surface area (Å²) in [4.78, 5) is 0. The van der Waals surface area contributed by atoms with E-state index in [2.05, 4.69) is 21.0 Å². The van der Waals surface area contributed by atoms with E-state index >= 15 is 0 Å². The SMILES string of the molecule is Nc1ccc(F)c(-n2cc(Br)cn2)c1. The largest absolute Gasteiger partial charge is 0.399 e. The molecule has 0 spiro atoms. The standard InChI is InChI=1S/C9H7BrFN3/c10-6-4-13-14(5-6)9-3-7(12)1-2-8(9)11/h1-5H,12H2. The molecule has 2 rings (SSSR count). The summed E-state index contributed by atoms with van der Waals surface area (Å²) in [5.41, 5.74) is 6.40. The minimum Gasteiger partial charge on any atom is -0.399 e. The molecule has 14 heavy (non-hydrogen) atoms. The van der Waals surface area contributed by atoms with Crippen LogP contribution in [0.2, 0.25) is 0 Å². The fourth-order valence-electron chi connectivity index (χ4n) is 1.14. The van der Waals surface area contributed by atoms with Crippen molar-refractivity contribution in [2.75, 3.05) is 5.73 Å². The van der Waals surface area contributed by atoms with Gasteiger partial charge in [-0.1, -0.05) is 0 Å². The van der Waals surface area contributed by atoms with E-state index in [1.54, 1.807) is 12.4 Å². The lowest BCUT2D eigenvalue weighted by Crippen LogP contribution is -1.99. The number of nitrogens with two attached hydrogens (primary N) is 1. The summed E-state index contributed by atoms with van der Waals surface area (Å²) < 4.78 is 15.6. The molecule has 0 aliphatic heterocycles. The molecule has 0 atom stereocenters. The molecule has 0 amide bonds. The second kappa shape index (κ2) is 3.42. The Balaban J connectivity index is 2.55. The van der Waals surface area contributed by atoms with Crippen LogP contribution < -0.4 is 5.73 Å². The van der Waals surface area contributed by atoms with Gasteiger partial charge in [-0.2, -0.15) is 5.10 Å². The molecule has 0 unspecified atom stereocenters. The Morgan fingerprint density at radius 2 is 2.21 bits per heavy atom. The van der Waals surface area contributed by atoms with Gasteiger partial charge in [-0.3, -0.25) is 0 Å². The summed E-state index contributed by atoms with van der Waals surface area (Å²) in [5.74, 6) is -0.352. The Bertz CT molecular complexity index is 467. The first kappa shape index (κ1) is 9.21. The molecule has 1 heterocycles. The van der Waals surface area contributed by atoms with Gasteiger partial charge in [0.15, 0.2) is 0 Å². The zero-order valence-electron chi connectivity index (χ0n) is 7.11. The lowest BCUT2D eigenvalue weighted by molar-refractivity contribution is 0.611.